The highest BCUT2D eigenvalue weighted by Crippen LogP contribution is 2.40. The van der Waals surface area contributed by atoms with E-state index in [0.717, 1.165) is 16.7 Å². The summed E-state index contributed by atoms with van der Waals surface area (Å²) in [7, 11) is 0. The molecule has 2 aromatic carbocycles. The molecule has 0 aliphatic carbocycles. The number of halogens is 1. The molecule has 1 aliphatic rings. The monoisotopic (exact) mass is 451 g/mol. The fourth-order valence-corrected chi connectivity index (χ4v) is 4.30. The Bertz CT molecular complexity index is 1160. The smallest absolute Gasteiger partial charge is 0.411 e. The number of benzene rings is 2. The van der Waals surface area contributed by atoms with Crippen molar-refractivity contribution < 1.29 is 19.0 Å². The molecule has 4 rings (SSSR count). The van der Waals surface area contributed by atoms with Gasteiger partial charge in [0.2, 0.25) is 0 Å². The van der Waals surface area contributed by atoms with Gasteiger partial charge in [-0.15, -0.1) is 0 Å². The molecule has 1 aromatic heterocycles. The van der Waals surface area contributed by atoms with Gasteiger partial charge in [0, 0.05) is 31.2 Å². The van der Waals surface area contributed by atoms with Crippen LogP contribution in [0, 0.1) is 5.82 Å². The minimum Gasteiger partial charge on any atom is -0.438 e. The highest BCUT2D eigenvalue weighted by atomic mass is 19.1. The highest BCUT2D eigenvalue weighted by Gasteiger charge is 2.43. The second kappa shape index (κ2) is 9.54. The summed E-state index contributed by atoms with van der Waals surface area (Å²) in [6.07, 6.45) is 2.38. The topological polar surface area (TPSA) is 95.5 Å². The van der Waals surface area contributed by atoms with Gasteiger partial charge in [-0.25, -0.2) is 14.2 Å². The summed E-state index contributed by atoms with van der Waals surface area (Å²) in [5, 5.41) is 9.34. The first-order chi connectivity index (χ1) is 15.9. The molecule has 0 bridgehead atoms. The van der Waals surface area contributed by atoms with Crippen LogP contribution in [0.2, 0.25) is 0 Å². The predicted molar refractivity (Wildman–Crippen MR) is 121 cm³/mol. The molecule has 7 nitrogen and oxygen atoms in total. The largest absolute Gasteiger partial charge is 0.438 e. The number of aromatic amines is 1. The zero-order valence-electron chi connectivity index (χ0n) is 18.3. The molecule has 172 valence electrons. The van der Waals surface area contributed by atoms with Crippen molar-refractivity contribution in [1.82, 2.24) is 14.9 Å². The molecule has 3 aromatic rings. The number of ether oxygens (including phenoxy) is 1. The molecular formula is C25H26FN3O4. The number of rotatable bonds is 7. The van der Waals surface area contributed by atoms with Gasteiger partial charge in [0.15, 0.2) is 0 Å². The number of nitrogens with zero attached hydrogens (tertiary/aromatic N) is 2. The molecule has 0 saturated carbocycles. The second-order valence-electron chi connectivity index (χ2n) is 8.23. The van der Waals surface area contributed by atoms with Crippen molar-refractivity contribution in [2.75, 3.05) is 13.2 Å². The molecule has 2 N–H and O–H groups in total. The highest BCUT2D eigenvalue weighted by molar-refractivity contribution is 5.70. The zero-order valence-corrected chi connectivity index (χ0v) is 18.3. The normalized spacial score (nSPS) is 19.2. The molecule has 33 heavy (non-hydrogen) atoms. The summed E-state index contributed by atoms with van der Waals surface area (Å²) in [5.74, 6) is -0.354. The van der Waals surface area contributed by atoms with Crippen molar-refractivity contribution in [3.05, 3.63) is 88.2 Å². The molecule has 8 heteroatoms. The maximum Gasteiger partial charge on any atom is 0.411 e. The van der Waals surface area contributed by atoms with E-state index in [4.69, 9.17) is 4.74 Å². The number of H-pyrrole nitrogens is 1. The molecule has 1 fully saturated rings. The first-order valence-electron chi connectivity index (χ1n) is 10.9. The number of amides is 1. The van der Waals surface area contributed by atoms with E-state index < -0.39 is 11.7 Å². The fraction of sp³-hybridized carbons (Fsp3) is 0.320. The maximum absolute atomic E-state index is 13.4. The Morgan fingerprint density at radius 2 is 1.91 bits per heavy atom. The van der Waals surface area contributed by atoms with Crippen LogP contribution >= 0.6 is 0 Å². The third-order valence-electron chi connectivity index (χ3n) is 6.22. The molecule has 1 saturated heterocycles. The van der Waals surface area contributed by atoms with E-state index in [2.05, 4.69) is 9.97 Å². The SMILES string of the molecule is C[C@@H](c1ccc(-c2cc(=O)[nH]cn2)cc1)N1CCC(CCCO)(c2ccc(F)cc2)OC1=O. The van der Waals surface area contributed by atoms with Gasteiger partial charge in [0.25, 0.3) is 5.56 Å². The Balaban J connectivity index is 1.52. The minimum absolute atomic E-state index is 0.0187. The van der Waals surface area contributed by atoms with E-state index in [-0.39, 0.29) is 24.0 Å². The van der Waals surface area contributed by atoms with Gasteiger partial charge < -0.3 is 19.7 Å². The average molecular weight is 451 g/mol. The third kappa shape index (κ3) is 4.80. The Labute approximate surface area is 190 Å². The van der Waals surface area contributed by atoms with Gasteiger partial charge in [-0.05, 0) is 43.0 Å². The predicted octanol–water partition coefficient (Wildman–Crippen LogP) is 4.15. The average Bonchev–Trinajstić information content (AvgIpc) is 2.83. The van der Waals surface area contributed by atoms with E-state index in [0.29, 0.717) is 31.5 Å². The Morgan fingerprint density at radius 1 is 1.18 bits per heavy atom. The van der Waals surface area contributed by atoms with Crippen molar-refractivity contribution in [3.63, 3.8) is 0 Å². The summed E-state index contributed by atoms with van der Waals surface area (Å²) >= 11 is 0. The van der Waals surface area contributed by atoms with E-state index >= 15 is 0 Å². The molecule has 0 radical (unpaired) electrons. The summed E-state index contributed by atoms with van der Waals surface area (Å²) in [6.45, 7) is 2.37. The number of aliphatic hydroxyl groups excluding tert-OH is 1. The Morgan fingerprint density at radius 3 is 2.55 bits per heavy atom. The van der Waals surface area contributed by atoms with E-state index in [1.165, 1.54) is 24.5 Å². The van der Waals surface area contributed by atoms with E-state index in [1.54, 1.807) is 17.0 Å². The van der Waals surface area contributed by atoms with E-state index in [9.17, 15) is 19.1 Å². The van der Waals surface area contributed by atoms with Crippen molar-refractivity contribution in [1.29, 1.82) is 0 Å². The van der Waals surface area contributed by atoms with Crippen molar-refractivity contribution in [2.24, 2.45) is 0 Å². The van der Waals surface area contributed by atoms with Crippen LogP contribution in [0.4, 0.5) is 9.18 Å². The number of nitrogens with one attached hydrogen (secondary N) is 1. The minimum atomic E-state index is -0.889. The van der Waals surface area contributed by atoms with Crippen LogP contribution in [0.1, 0.15) is 43.4 Å². The van der Waals surface area contributed by atoms with Crippen LogP contribution in [-0.2, 0) is 10.3 Å². The zero-order chi connectivity index (χ0) is 23.4. The molecule has 0 spiro atoms. The summed E-state index contributed by atoms with van der Waals surface area (Å²) < 4.78 is 19.4. The first-order valence-corrected chi connectivity index (χ1v) is 10.9. The van der Waals surface area contributed by atoms with Crippen molar-refractivity contribution in [2.45, 2.75) is 37.8 Å². The summed E-state index contributed by atoms with van der Waals surface area (Å²) in [5.41, 5.74) is 1.91. The second-order valence-corrected chi connectivity index (χ2v) is 8.23. The van der Waals surface area contributed by atoms with Gasteiger partial charge in [0.1, 0.15) is 11.4 Å². The Kier molecular flexibility index (Phi) is 6.55. The lowest BCUT2D eigenvalue weighted by Crippen LogP contribution is -2.48. The number of cyclic esters (lactones) is 1. The van der Waals surface area contributed by atoms with Gasteiger partial charge in [-0.2, -0.15) is 0 Å². The van der Waals surface area contributed by atoms with Gasteiger partial charge in [-0.3, -0.25) is 4.79 Å². The number of carbonyl (C=O) groups is 1. The number of aliphatic hydroxyl groups is 1. The standard InChI is InChI=1S/C25H26FN3O4/c1-17(18-3-5-19(6-4-18)22-15-23(31)28-16-27-22)29-13-12-25(11-2-14-30,33-24(29)32)20-7-9-21(26)10-8-20/h3-10,15-17,30H,2,11-14H2,1H3,(H,27,28,31)/t17-,25?/m0/s1. The fourth-order valence-electron chi connectivity index (χ4n) is 4.30. The number of hydrogen-bond donors (Lipinski definition) is 2. The molecule has 1 amide bonds. The lowest BCUT2D eigenvalue weighted by molar-refractivity contribution is -0.0680. The summed E-state index contributed by atoms with van der Waals surface area (Å²) in [6, 6.07) is 14.7. The van der Waals surface area contributed by atoms with Crippen molar-refractivity contribution in [3.8, 4) is 11.3 Å². The molecule has 1 unspecified atom stereocenters. The quantitative estimate of drug-likeness (QED) is 0.563. The van der Waals surface area contributed by atoms with Crippen LogP contribution in [0.25, 0.3) is 11.3 Å². The number of aromatic nitrogens is 2. The molecule has 2 atom stereocenters. The van der Waals surface area contributed by atoms with Crippen LogP contribution in [0.15, 0.2) is 65.7 Å². The first kappa shape index (κ1) is 22.7. The van der Waals surface area contributed by atoms with Crippen LogP contribution in [0.5, 0.6) is 0 Å². The Hall–Kier alpha value is -3.52. The van der Waals surface area contributed by atoms with Crippen molar-refractivity contribution >= 4 is 6.09 Å². The lowest BCUT2D eigenvalue weighted by Gasteiger charge is -2.43. The van der Waals surface area contributed by atoms with Gasteiger partial charge >= 0.3 is 6.09 Å². The summed E-state index contributed by atoms with van der Waals surface area (Å²) in [4.78, 5) is 32.9. The maximum atomic E-state index is 13.4. The molecule has 1 aliphatic heterocycles. The molecule has 2 heterocycles. The number of hydrogen-bond acceptors (Lipinski definition) is 5. The van der Waals surface area contributed by atoms with Gasteiger partial charge in [0.05, 0.1) is 18.1 Å². The van der Waals surface area contributed by atoms with E-state index in [1.807, 2.05) is 31.2 Å². The third-order valence-corrected chi connectivity index (χ3v) is 6.22. The van der Waals surface area contributed by atoms with Gasteiger partial charge in [-0.1, -0.05) is 36.4 Å². The van der Waals surface area contributed by atoms with Crippen LogP contribution in [0.3, 0.4) is 0 Å². The van der Waals surface area contributed by atoms with Crippen LogP contribution < -0.4 is 5.56 Å². The van der Waals surface area contributed by atoms with Crippen LogP contribution in [-0.4, -0.2) is 39.2 Å². The number of carbonyl (C=O) groups excluding carboxylic acids is 1. The lowest BCUT2D eigenvalue weighted by atomic mass is 9.84. The molecular weight excluding hydrogens is 425 g/mol.